The first-order valence-corrected chi connectivity index (χ1v) is 6.80. The van der Waals surface area contributed by atoms with Crippen LogP contribution in [0.4, 0.5) is 5.69 Å². The van der Waals surface area contributed by atoms with Crippen LogP contribution in [-0.2, 0) is 0 Å². The van der Waals surface area contributed by atoms with Gasteiger partial charge >= 0.3 is 0 Å². The van der Waals surface area contributed by atoms with E-state index in [4.69, 9.17) is 0 Å². The number of allylic oxidation sites excluding steroid dienone is 1. The molecule has 1 N–H and O–H groups in total. The largest absolute Gasteiger partial charge is 0.287 e. The maximum Gasteiger partial charge on any atom is 0.206 e. The quantitative estimate of drug-likeness (QED) is 0.779. The van der Waals surface area contributed by atoms with Crippen molar-refractivity contribution in [3.63, 3.8) is 0 Å². The zero-order chi connectivity index (χ0) is 14.4. The van der Waals surface area contributed by atoms with Gasteiger partial charge in [-0.1, -0.05) is 35.9 Å². The lowest BCUT2D eigenvalue weighted by Gasteiger charge is -2.11. The predicted octanol–water partition coefficient (Wildman–Crippen LogP) is 3.43. The van der Waals surface area contributed by atoms with E-state index in [1.807, 2.05) is 55.5 Å². The third kappa shape index (κ3) is 1.84. The number of nitrogens with zero attached hydrogens (tertiary/aromatic N) is 2. The van der Waals surface area contributed by atoms with Gasteiger partial charge in [0.2, 0.25) is 5.78 Å². The van der Waals surface area contributed by atoms with E-state index in [1.165, 1.54) is 5.56 Å². The molecule has 1 aromatic heterocycles. The van der Waals surface area contributed by atoms with Gasteiger partial charge in [-0.25, -0.2) is 0 Å². The highest BCUT2D eigenvalue weighted by Crippen LogP contribution is 2.28. The summed E-state index contributed by atoms with van der Waals surface area (Å²) in [6.45, 7) is 2.04. The van der Waals surface area contributed by atoms with Gasteiger partial charge in [-0.05, 0) is 36.8 Å². The Morgan fingerprint density at radius 2 is 1.86 bits per heavy atom. The summed E-state index contributed by atoms with van der Waals surface area (Å²) in [6, 6.07) is 13.8. The molecule has 0 bridgehead atoms. The number of hydrogen-bond acceptors (Lipinski definition) is 3. The van der Waals surface area contributed by atoms with Crippen LogP contribution in [0, 0.1) is 6.92 Å². The molecule has 2 aromatic carbocycles. The Balaban J connectivity index is 1.87. The van der Waals surface area contributed by atoms with Crippen molar-refractivity contribution in [3.8, 4) is 0 Å². The molecular formula is C17H13N3O. The van der Waals surface area contributed by atoms with Crippen molar-refractivity contribution >= 4 is 28.4 Å². The zero-order valence-corrected chi connectivity index (χ0v) is 11.5. The summed E-state index contributed by atoms with van der Waals surface area (Å²) < 4.78 is 0. The monoisotopic (exact) mass is 275 g/mol. The van der Waals surface area contributed by atoms with E-state index in [0.717, 1.165) is 22.2 Å². The first-order valence-electron chi connectivity index (χ1n) is 6.80. The van der Waals surface area contributed by atoms with E-state index < -0.39 is 0 Å². The molecule has 0 amide bonds. The van der Waals surface area contributed by atoms with E-state index in [0.29, 0.717) is 5.69 Å². The van der Waals surface area contributed by atoms with Crippen LogP contribution < -0.4 is 5.43 Å². The van der Waals surface area contributed by atoms with Crippen LogP contribution in [0.3, 0.4) is 0 Å². The fourth-order valence-corrected chi connectivity index (χ4v) is 2.60. The minimum Gasteiger partial charge on any atom is -0.287 e. The van der Waals surface area contributed by atoms with Gasteiger partial charge < -0.3 is 0 Å². The summed E-state index contributed by atoms with van der Waals surface area (Å²) in [5.74, 6) is -0.0317. The number of aromatic nitrogens is 2. The summed E-state index contributed by atoms with van der Waals surface area (Å²) in [5, 5.41) is 5.40. The van der Waals surface area contributed by atoms with E-state index in [1.54, 1.807) is 10.9 Å². The molecule has 102 valence electrons. The lowest BCUT2D eigenvalue weighted by Crippen LogP contribution is -2.17. The lowest BCUT2D eigenvalue weighted by atomic mass is 10.0. The van der Waals surface area contributed by atoms with E-state index >= 15 is 0 Å². The Morgan fingerprint density at radius 1 is 1.05 bits per heavy atom. The summed E-state index contributed by atoms with van der Waals surface area (Å²) in [6.07, 6.45) is 3.43. The predicted molar refractivity (Wildman–Crippen MR) is 83.3 cm³/mol. The number of hydrogen-bond donors (Lipinski definition) is 1. The Hall–Kier alpha value is -2.88. The van der Waals surface area contributed by atoms with Crippen molar-refractivity contribution in [2.45, 2.75) is 6.92 Å². The molecule has 0 saturated carbocycles. The zero-order valence-electron chi connectivity index (χ0n) is 11.5. The van der Waals surface area contributed by atoms with E-state index in [-0.39, 0.29) is 5.78 Å². The van der Waals surface area contributed by atoms with Gasteiger partial charge in [0, 0.05) is 5.39 Å². The van der Waals surface area contributed by atoms with Gasteiger partial charge in [-0.3, -0.25) is 10.2 Å². The summed E-state index contributed by atoms with van der Waals surface area (Å²) >= 11 is 0. The average molecular weight is 275 g/mol. The lowest BCUT2D eigenvalue weighted by molar-refractivity contribution is 0.104. The van der Waals surface area contributed by atoms with Crippen LogP contribution >= 0.6 is 0 Å². The highest BCUT2D eigenvalue weighted by molar-refractivity contribution is 6.18. The molecule has 0 spiro atoms. The second-order valence-corrected chi connectivity index (χ2v) is 5.18. The van der Waals surface area contributed by atoms with Crippen molar-refractivity contribution < 1.29 is 4.79 Å². The van der Waals surface area contributed by atoms with Gasteiger partial charge in [0.25, 0.3) is 0 Å². The Labute approximate surface area is 121 Å². The Kier molecular flexibility index (Phi) is 2.44. The second-order valence-electron chi connectivity index (χ2n) is 5.18. The van der Waals surface area contributed by atoms with Crippen molar-refractivity contribution in [2.24, 2.45) is 0 Å². The second kappa shape index (κ2) is 4.31. The third-order valence-electron chi connectivity index (χ3n) is 3.67. The van der Waals surface area contributed by atoms with Crippen LogP contribution in [0.5, 0.6) is 0 Å². The van der Waals surface area contributed by atoms with Crippen molar-refractivity contribution in [2.75, 3.05) is 5.43 Å². The molecular weight excluding hydrogens is 262 g/mol. The summed E-state index contributed by atoms with van der Waals surface area (Å²) in [4.78, 5) is 13.8. The van der Waals surface area contributed by atoms with Crippen LogP contribution in [0.2, 0.25) is 0 Å². The number of aryl methyl sites for hydroxylation is 1. The number of ketones is 1. The minimum absolute atomic E-state index is 0.0317. The maximum atomic E-state index is 12.2. The number of nitrogens with one attached hydrogen (secondary N) is 1. The molecule has 21 heavy (non-hydrogen) atoms. The van der Waals surface area contributed by atoms with Crippen molar-refractivity contribution in [1.82, 2.24) is 9.89 Å². The Morgan fingerprint density at radius 3 is 2.67 bits per heavy atom. The molecule has 1 heterocycles. The van der Waals surface area contributed by atoms with Gasteiger partial charge in [-0.2, -0.15) is 9.89 Å². The number of carbonyl (C=O) groups is 1. The smallest absolute Gasteiger partial charge is 0.206 e. The molecule has 0 fully saturated rings. The molecule has 1 aliphatic rings. The maximum absolute atomic E-state index is 12.2. The fourth-order valence-electron chi connectivity index (χ4n) is 2.60. The number of anilines is 1. The normalized spacial score (nSPS) is 12.9. The van der Waals surface area contributed by atoms with Gasteiger partial charge in [-0.15, -0.1) is 0 Å². The van der Waals surface area contributed by atoms with Crippen LogP contribution in [0.15, 0.2) is 48.5 Å². The summed E-state index contributed by atoms with van der Waals surface area (Å²) in [5.41, 5.74) is 7.70. The van der Waals surface area contributed by atoms with E-state index in [9.17, 15) is 4.79 Å². The number of rotatable bonds is 2. The SMILES string of the molecule is Cc1ccc(Nn2nc3cccc4c3c2C(=O)C=C4)cc1. The van der Waals surface area contributed by atoms with Gasteiger partial charge in [0.1, 0.15) is 5.69 Å². The topological polar surface area (TPSA) is 46.9 Å². The molecule has 0 saturated heterocycles. The van der Waals surface area contributed by atoms with Crippen LogP contribution in [0.25, 0.3) is 17.0 Å². The van der Waals surface area contributed by atoms with Crippen LogP contribution in [-0.4, -0.2) is 15.7 Å². The average Bonchev–Trinajstić information content (AvgIpc) is 2.86. The Bertz CT molecular complexity index is 888. The highest BCUT2D eigenvalue weighted by Gasteiger charge is 2.21. The van der Waals surface area contributed by atoms with Gasteiger partial charge in [0.05, 0.1) is 11.2 Å². The summed E-state index contributed by atoms with van der Waals surface area (Å²) in [7, 11) is 0. The third-order valence-corrected chi connectivity index (χ3v) is 3.67. The minimum atomic E-state index is -0.0317. The molecule has 1 aliphatic carbocycles. The molecule has 3 aromatic rings. The molecule has 4 heteroatoms. The molecule has 0 atom stereocenters. The fraction of sp³-hybridized carbons (Fsp3) is 0.0588. The molecule has 4 rings (SSSR count). The number of carbonyl (C=O) groups excluding carboxylic acids is 1. The standard InChI is InChI=1S/C17H13N3O/c1-11-5-8-13(9-6-11)18-20-17-15(21)10-7-12-3-2-4-14(19-20)16(12)17/h2-10,18H,1H3. The van der Waals surface area contributed by atoms with Gasteiger partial charge in [0.15, 0.2) is 0 Å². The van der Waals surface area contributed by atoms with Crippen LogP contribution in [0.1, 0.15) is 21.6 Å². The number of benzene rings is 2. The van der Waals surface area contributed by atoms with E-state index in [2.05, 4.69) is 10.5 Å². The molecule has 0 unspecified atom stereocenters. The molecule has 0 radical (unpaired) electrons. The molecule has 4 nitrogen and oxygen atoms in total. The van der Waals surface area contributed by atoms with Crippen molar-refractivity contribution in [3.05, 3.63) is 65.4 Å². The highest BCUT2D eigenvalue weighted by atomic mass is 16.1. The van der Waals surface area contributed by atoms with Crippen molar-refractivity contribution in [1.29, 1.82) is 0 Å². The first kappa shape index (κ1) is 11.9. The molecule has 0 aliphatic heterocycles. The first-order chi connectivity index (χ1) is 10.2.